The molecule has 26 heavy (non-hydrogen) atoms. The maximum absolute atomic E-state index is 13.2. The average Bonchev–Trinajstić information content (AvgIpc) is 2.95. The summed E-state index contributed by atoms with van der Waals surface area (Å²) in [6.07, 6.45) is -0.506. The molecule has 2 fully saturated rings. The second-order valence-electron chi connectivity index (χ2n) is 6.54. The number of alkyl halides is 2. The molecular formula is C16H22ClF2N3O3S. The number of aryl methyl sites for hydroxylation is 1. The first-order valence-electron chi connectivity index (χ1n) is 8.16. The molecule has 1 unspecified atom stereocenters. The first kappa shape index (κ1) is 21.0. The van der Waals surface area contributed by atoms with Crippen molar-refractivity contribution in [2.75, 3.05) is 32.7 Å². The first-order chi connectivity index (χ1) is 11.7. The molecule has 0 spiro atoms. The van der Waals surface area contributed by atoms with Crippen molar-refractivity contribution in [1.82, 2.24) is 14.5 Å². The molecule has 0 aromatic heterocycles. The number of carbonyl (C=O) groups excluding carboxylic acids is 1. The maximum atomic E-state index is 13.2. The largest absolute Gasteiger partial charge is 0.339 e. The van der Waals surface area contributed by atoms with Crippen molar-refractivity contribution in [1.29, 1.82) is 0 Å². The van der Waals surface area contributed by atoms with Gasteiger partial charge in [0.2, 0.25) is 15.9 Å². The molecule has 1 N–H and O–H groups in total. The van der Waals surface area contributed by atoms with Crippen LogP contribution in [0.1, 0.15) is 12.0 Å². The number of piperazine rings is 1. The summed E-state index contributed by atoms with van der Waals surface area (Å²) >= 11 is 0. The number of nitrogens with zero attached hydrogens (tertiary/aromatic N) is 2. The van der Waals surface area contributed by atoms with E-state index >= 15 is 0 Å². The third kappa shape index (κ3) is 4.33. The van der Waals surface area contributed by atoms with Gasteiger partial charge in [0.25, 0.3) is 5.92 Å². The smallest absolute Gasteiger partial charge is 0.262 e. The summed E-state index contributed by atoms with van der Waals surface area (Å²) in [6.45, 7) is 2.10. The van der Waals surface area contributed by atoms with Gasteiger partial charge in [0.1, 0.15) is 0 Å². The van der Waals surface area contributed by atoms with Crippen LogP contribution in [0.15, 0.2) is 29.2 Å². The SMILES string of the molecule is Cc1ccc(S(=O)(=O)N2CCN(C(=O)C3CC(F)(F)CN3)CC2)cc1.Cl. The monoisotopic (exact) mass is 409 g/mol. The van der Waals surface area contributed by atoms with E-state index in [0.29, 0.717) is 0 Å². The lowest BCUT2D eigenvalue weighted by atomic mass is 10.1. The van der Waals surface area contributed by atoms with E-state index in [1.807, 2.05) is 6.92 Å². The van der Waals surface area contributed by atoms with Crippen molar-refractivity contribution in [3.8, 4) is 0 Å². The summed E-state index contributed by atoms with van der Waals surface area (Å²) in [5.74, 6) is -3.25. The Labute approximate surface area is 158 Å². The molecule has 146 valence electrons. The summed E-state index contributed by atoms with van der Waals surface area (Å²) < 4.78 is 53.1. The summed E-state index contributed by atoms with van der Waals surface area (Å²) in [6, 6.07) is 5.70. The van der Waals surface area contributed by atoms with E-state index in [4.69, 9.17) is 0 Å². The summed E-state index contributed by atoms with van der Waals surface area (Å²) in [4.78, 5) is 14.0. The number of benzene rings is 1. The van der Waals surface area contributed by atoms with Gasteiger partial charge in [0.05, 0.1) is 17.5 Å². The number of sulfonamides is 1. The standard InChI is InChI=1S/C16H21F2N3O3S.ClH/c1-12-2-4-13(5-3-12)25(23,24)21-8-6-20(7-9-21)15(22)14-10-16(17,18)11-19-14;/h2-5,14,19H,6-11H2,1H3;1H. The highest BCUT2D eigenvalue weighted by molar-refractivity contribution is 7.89. The molecule has 10 heteroatoms. The van der Waals surface area contributed by atoms with E-state index in [-0.39, 0.29) is 49.4 Å². The molecular weight excluding hydrogens is 388 g/mol. The molecule has 2 saturated heterocycles. The third-order valence-corrected chi connectivity index (χ3v) is 6.53. The second kappa shape index (κ2) is 7.75. The van der Waals surface area contributed by atoms with Crippen LogP contribution in [0, 0.1) is 6.92 Å². The minimum absolute atomic E-state index is 0. The van der Waals surface area contributed by atoms with E-state index in [9.17, 15) is 22.0 Å². The van der Waals surface area contributed by atoms with E-state index in [2.05, 4.69) is 5.32 Å². The van der Waals surface area contributed by atoms with E-state index in [1.165, 1.54) is 9.21 Å². The molecule has 2 heterocycles. The average molecular weight is 410 g/mol. The van der Waals surface area contributed by atoms with Gasteiger partial charge in [0, 0.05) is 32.6 Å². The number of amides is 1. The molecule has 2 aliphatic rings. The molecule has 1 amide bonds. The Hall–Kier alpha value is -1.29. The van der Waals surface area contributed by atoms with Gasteiger partial charge < -0.3 is 4.90 Å². The molecule has 0 saturated carbocycles. The van der Waals surface area contributed by atoms with Crippen molar-refractivity contribution in [2.24, 2.45) is 0 Å². The van der Waals surface area contributed by atoms with Crippen LogP contribution in [0.25, 0.3) is 0 Å². The van der Waals surface area contributed by atoms with E-state index in [0.717, 1.165) is 5.56 Å². The van der Waals surface area contributed by atoms with Crippen LogP contribution in [0.2, 0.25) is 0 Å². The fraction of sp³-hybridized carbons (Fsp3) is 0.562. The number of rotatable bonds is 3. The predicted octanol–water partition coefficient (Wildman–Crippen LogP) is 1.25. The summed E-state index contributed by atoms with van der Waals surface area (Å²) in [5.41, 5.74) is 0.968. The van der Waals surface area contributed by atoms with E-state index in [1.54, 1.807) is 24.3 Å². The van der Waals surface area contributed by atoms with Crippen LogP contribution in [-0.2, 0) is 14.8 Å². The maximum Gasteiger partial charge on any atom is 0.262 e. The fourth-order valence-corrected chi connectivity index (χ4v) is 4.54. The van der Waals surface area contributed by atoms with Crippen molar-refractivity contribution in [3.05, 3.63) is 29.8 Å². The predicted molar refractivity (Wildman–Crippen MR) is 95.1 cm³/mol. The van der Waals surface area contributed by atoms with Gasteiger partial charge in [-0.3, -0.25) is 10.1 Å². The van der Waals surface area contributed by atoms with Crippen molar-refractivity contribution >= 4 is 28.3 Å². The molecule has 3 rings (SSSR count). The lowest BCUT2D eigenvalue weighted by Crippen LogP contribution is -2.54. The zero-order chi connectivity index (χ0) is 18.2. The van der Waals surface area contributed by atoms with Gasteiger partial charge in [-0.1, -0.05) is 17.7 Å². The number of nitrogens with one attached hydrogen (secondary N) is 1. The van der Waals surface area contributed by atoms with Crippen molar-refractivity contribution in [2.45, 2.75) is 30.2 Å². The van der Waals surface area contributed by atoms with E-state index < -0.39 is 35.0 Å². The highest BCUT2D eigenvalue weighted by Crippen LogP contribution is 2.26. The lowest BCUT2D eigenvalue weighted by Gasteiger charge is -2.35. The van der Waals surface area contributed by atoms with Crippen LogP contribution in [0.4, 0.5) is 8.78 Å². The normalized spacial score (nSPS) is 23.5. The Morgan fingerprint density at radius 3 is 2.23 bits per heavy atom. The summed E-state index contributed by atoms with van der Waals surface area (Å²) in [7, 11) is -3.61. The molecule has 1 atom stereocenters. The molecule has 0 bridgehead atoms. The highest BCUT2D eigenvalue weighted by atomic mass is 35.5. The lowest BCUT2D eigenvalue weighted by molar-refractivity contribution is -0.134. The first-order valence-corrected chi connectivity index (χ1v) is 9.60. The van der Waals surface area contributed by atoms with Crippen LogP contribution >= 0.6 is 12.4 Å². The Kier molecular flexibility index (Phi) is 6.27. The van der Waals surface area contributed by atoms with Crippen LogP contribution in [0.3, 0.4) is 0 Å². The zero-order valence-corrected chi connectivity index (χ0v) is 16.0. The second-order valence-corrected chi connectivity index (χ2v) is 8.47. The quantitative estimate of drug-likeness (QED) is 0.815. The molecule has 1 aromatic rings. The summed E-state index contributed by atoms with van der Waals surface area (Å²) in [5, 5.41) is 2.54. The van der Waals surface area contributed by atoms with Crippen LogP contribution in [-0.4, -0.2) is 68.2 Å². The Balaban J connectivity index is 0.00000243. The Morgan fingerprint density at radius 1 is 1.15 bits per heavy atom. The molecule has 0 aliphatic carbocycles. The fourth-order valence-electron chi connectivity index (χ4n) is 3.12. The van der Waals surface area contributed by atoms with Gasteiger partial charge in [-0.05, 0) is 19.1 Å². The Bertz CT molecular complexity index is 751. The van der Waals surface area contributed by atoms with Crippen molar-refractivity contribution in [3.63, 3.8) is 0 Å². The van der Waals surface area contributed by atoms with Gasteiger partial charge in [-0.15, -0.1) is 12.4 Å². The van der Waals surface area contributed by atoms with Crippen LogP contribution in [0.5, 0.6) is 0 Å². The molecule has 6 nitrogen and oxygen atoms in total. The Morgan fingerprint density at radius 2 is 1.73 bits per heavy atom. The van der Waals surface area contributed by atoms with Gasteiger partial charge in [0.15, 0.2) is 0 Å². The zero-order valence-electron chi connectivity index (χ0n) is 14.3. The third-order valence-electron chi connectivity index (χ3n) is 4.62. The highest BCUT2D eigenvalue weighted by Gasteiger charge is 2.44. The van der Waals surface area contributed by atoms with Gasteiger partial charge in [-0.2, -0.15) is 4.31 Å². The number of hydrogen-bond acceptors (Lipinski definition) is 4. The van der Waals surface area contributed by atoms with Gasteiger partial charge in [-0.25, -0.2) is 17.2 Å². The number of hydrogen-bond donors (Lipinski definition) is 1. The molecule has 0 radical (unpaired) electrons. The van der Waals surface area contributed by atoms with Crippen LogP contribution < -0.4 is 5.32 Å². The van der Waals surface area contributed by atoms with Gasteiger partial charge >= 0.3 is 0 Å². The topological polar surface area (TPSA) is 69.7 Å². The van der Waals surface area contributed by atoms with Crippen molar-refractivity contribution < 1.29 is 22.0 Å². The number of carbonyl (C=O) groups is 1. The number of halogens is 3. The molecule has 2 aliphatic heterocycles. The minimum Gasteiger partial charge on any atom is -0.339 e. The minimum atomic E-state index is -3.61. The molecule has 1 aromatic carbocycles.